The van der Waals surface area contributed by atoms with E-state index in [-0.39, 0.29) is 36.1 Å². The summed E-state index contributed by atoms with van der Waals surface area (Å²) in [6.45, 7) is 15.3. The van der Waals surface area contributed by atoms with E-state index in [4.69, 9.17) is 19.4 Å². The number of amides is 6. The molecule has 2 N–H and O–H groups in total. The van der Waals surface area contributed by atoms with Crippen LogP contribution in [0.3, 0.4) is 0 Å². The molecule has 374 valence electrons. The standard InChI is InChI=1S/C45H68N6O9.C2HF3O2/c1-26(2)36(46-40(53)37(27(3)4)47(9)10)42(55)48(11)38(28(5)6)43(56)49-22-16-20-31(49)41(54)50-23-17-21-32(50)45(58)60-39(29(7)8)44(57)51-33(34(59-12)25-35(51)52)24-30-18-14-13-15-19-30;3-2(4,5)1(6)7/h13-15,18-19,25-29,31-33,36-39H,16-17,20-24H2,1-12H3,(H,46,53);(H,6,7)/t31-,32-,33-,36-,37-,38-,39-;/m0./s1. The van der Waals surface area contributed by atoms with Gasteiger partial charge in [0.25, 0.3) is 11.8 Å². The molecule has 67 heavy (non-hydrogen) atoms. The van der Waals surface area contributed by atoms with E-state index < -0.39 is 90.0 Å². The van der Waals surface area contributed by atoms with Gasteiger partial charge < -0.3 is 34.6 Å². The summed E-state index contributed by atoms with van der Waals surface area (Å²) in [6.07, 6.45) is -3.07. The summed E-state index contributed by atoms with van der Waals surface area (Å²) < 4.78 is 43.2. The molecule has 0 bridgehead atoms. The second-order valence-electron chi connectivity index (χ2n) is 18.8. The smallest absolute Gasteiger partial charge is 0.490 e. The van der Waals surface area contributed by atoms with Crippen molar-refractivity contribution < 1.29 is 66.1 Å². The molecule has 0 aromatic heterocycles. The monoisotopic (exact) mass is 950 g/mol. The van der Waals surface area contributed by atoms with Crippen LogP contribution in [-0.4, -0.2) is 167 Å². The Morgan fingerprint density at radius 2 is 1.33 bits per heavy atom. The van der Waals surface area contributed by atoms with Gasteiger partial charge in [-0.3, -0.25) is 38.6 Å². The average molecular weight is 951 g/mol. The van der Waals surface area contributed by atoms with E-state index in [1.54, 1.807) is 20.9 Å². The number of carbonyl (C=O) groups is 8. The van der Waals surface area contributed by atoms with Crippen LogP contribution in [0.5, 0.6) is 0 Å². The third-order valence-corrected chi connectivity index (χ3v) is 12.2. The lowest BCUT2D eigenvalue weighted by atomic mass is 9.96. The molecule has 3 heterocycles. The summed E-state index contributed by atoms with van der Waals surface area (Å²) in [4.78, 5) is 114. The van der Waals surface area contributed by atoms with Gasteiger partial charge in [-0.15, -0.1) is 0 Å². The van der Waals surface area contributed by atoms with E-state index in [9.17, 15) is 46.7 Å². The number of carboxylic acid groups (broad SMARTS) is 1. The van der Waals surface area contributed by atoms with Crippen LogP contribution in [0, 0.1) is 23.7 Å². The Morgan fingerprint density at radius 3 is 1.81 bits per heavy atom. The van der Waals surface area contributed by atoms with E-state index in [0.29, 0.717) is 44.4 Å². The van der Waals surface area contributed by atoms with Crippen LogP contribution in [0.25, 0.3) is 0 Å². The number of halogens is 3. The molecular weight excluding hydrogens is 882 g/mol. The molecule has 3 aliphatic heterocycles. The first-order valence-corrected chi connectivity index (χ1v) is 22.7. The molecule has 0 spiro atoms. The zero-order chi connectivity index (χ0) is 50.8. The number of alkyl halides is 3. The van der Waals surface area contributed by atoms with Crippen LogP contribution in [-0.2, 0) is 54.3 Å². The first-order valence-electron chi connectivity index (χ1n) is 22.7. The number of carbonyl (C=O) groups excluding carboxylic acids is 7. The van der Waals surface area contributed by atoms with Gasteiger partial charge in [-0.2, -0.15) is 13.2 Å². The van der Waals surface area contributed by atoms with Crippen molar-refractivity contribution in [3.05, 3.63) is 47.7 Å². The minimum atomic E-state index is -5.08. The highest BCUT2D eigenvalue weighted by molar-refractivity contribution is 6.06. The number of aliphatic carboxylic acids is 1. The van der Waals surface area contributed by atoms with E-state index in [2.05, 4.69) is 5.32 Å². The second kappa shape index (κ2) is 24.0. The van der Waals surface area contributed by atoms with Crippen LogP contribution in [0.4, 0.5) is 13.2 Å². The Hall–Kier alpha value is -5.53. The zero-order valence-corrected chi connectivity index (χ0v) is 40.7. The second-order valence-corrected chi connectivity index (χ2v) is 18.8. The Kier molecular flexibility index (Phi) is 20.0. The first kappa shape index (κ1) is 55.8. The summed E-state index contributed by atoms with van der Waals surface area (Å²) in [5, 5.41) is 10.1. The number of ether oxygens (including phenoxy) is 2. The fourth-order valence-electron chi connectivity index (χ4n) is 8.93. The first-order chi connectivity index (χ1) is 31.2. The lowest BCUT2D eigenvalue weighted by molar-refractivity contribution is -0.192. The highest BCUT2D eigenvalue weighted by Crippen LogP contribution is 2.31. The van der Waals surface area contributed by atoms with Crippen molar-refractivity contribution in [1.29, 1.82) is 0 Å². The van der Waals surface area contributed by atoms with E-state index in [1.165, 1.54) is 27.9 Å². The predicted molar refractivity (Wildman–Crippen MR) is 239 cm³/mol. The number of hydrogen-bond acceptors (Lipinski definition) is 11. The molecule has 4 rings (SSSR count). The molecule has 0 radical (unpaired) electrons. The van der Waals surface area contributed by atoms with Crippen LogP contribution >= 0.6 is 0 Å². The fraction of sp³-hybridized carbons (Fsp3) is 0.660. The fourth-order valence-corrected chi connectivity index (χ4v) is 8.93. The number of likely N-dealkylation sites (N-methyl/N-ethyl adjacent to an activating group) is 2. The van der Waals surface area contributed by atoms with Crippen molar-refractivity contribution >= 4 is 47.4 Å². The third kappa shape index (κ3) is 13.8. The summed E-state index contributed by atoms with van der Waals surface area (Å²) in [5.74, 6) is -6.99. The van der Waals surface area contributed by atoms with E-state index in [1.807, 2.05) is 90.9 Å². The molecule has 0 unspecified atom stereocenters. The van der Waals surface area contributed by atoms with Crippen molar-refractivity contribution in [2.45, 2.75) is 136 Å². The van der Waals surface area contributed by atoms with Crippen LogP contribution in [0.2, 0.25) is 0 Å². The summed E-state index contributed by atoms with van der Waals surface area (Å²) in [5.41, 5.74) is 0.886. The Labute approximate surface area is 391 Å². The highest BCUT2D eigenvalue weighted by Gasteiger charge is 2.48. The number of likely N-dealkylation sites (tertiary alicyclic amines) is 2. The number of esters is 1. The van der Waals surface area contributed by atoms with Crippen LogP contribution in [0.15, 0.2) is 42.2 Å². The molecule has 1 aromatic carbocycles. The van der Waals surface area contributed by atoms with Gasteiger partial charge in [0.1, 0.15) is 36.0 Å². The van der Waals surface area contributed by atoms with Crippen molar-refractivity contribution in [1.82, 2.24) is 29.8 Å². The van der Waals surface area contributed by atoms with Crippen molar-refractivity contribution in [2.24, 2.45) is 23.7 Å². The molecule has 0 saturated carbocycles. The summed E-state index contributed by atoms with van der Waals surface area (Å²) in [6, 6.07) is 4.52. The Bertz CT molecular complexity index is 1970. The van der Waals surface area contributed by atoms with Gasteiger partial charge in [0.2, 0.25) is 23.6 Å². The maximum atomic E-state index is 14.5. The zero-order valence-electron chi connectivity index (χ0n) is 40.7. The molecule has 17 nitrogen and oxygen atoms in total. The van der Waals surface area contributed by atoms with Gasteiger partial charge in [-0.1, -0.05) is 85.7 Å². The maximum absolute atomic E-state index is 14.5. The third-order valence-electron chi connectivity index (χ3n) is 12.2. The number of nitrogens with zero attached hydrogens (tertiary/aromatic N) is 5. The van der Waals surface area contributed by atoms with Crippen LogP contribution < -0.4 is 5.32 Å². The number of benzene rings is 1. The summed E-state index contributed by atoms with van der Waals surface area (Å²) >= 11 is 0. The van der Waals surface area contributed by atoms with E-state index >= 15 is 0 Å². The van der Waals surface area contributed by atoms with Crippen LogP contribution in [0.1, 0.15) is 86.6 Å². The average Bonchev–Trinajstić information content (AvgIpc) is 4.00. The lowest BCUT2D eigenvalue weighted by Gasteiger charge is -2.39. The molecule has 7 atom stereocenters. The molecular formula is C47H69F3N6O11. The number of hydrogen-bond donors (Lipinski definition) is 2. The molecule has 3 aliphatic rings. The largest absolute Gasteiger partial charge is 0.499 e. The SMILES string of the molecule is COC1=CC(=O)N(C(=O)[C@@H](OC(=O)[C@@H]2CCCN2C(=O)[C@@H]2CCCN2C(=O)[C@H](C(C)C)N(C)C(=O)[C@@H](NC(=O)[C@H](C(C)C)N(C)C)C(C)C)C(C)C)[C@H]1Cc1ccccc1.O=C(O)C(F)(F)F. The predicted octanol–water partition coefficient (Wildman–Crippen LogP) is 3.89. The summed E-state index contributed by atoms with van der Waals surface area (Å²) in [7, 11) is 6.64. The lowest BCUT2D eigenvalue weighted by Crippen LogP contribution is -2.61. The van der Waals surface area contributed by atoms with Gasteiger partial charge in [0.05, 0.1) is 13.2 Å². The quantitative estimate of drug-likeness (QED) is 0.214. The van der Waals surface area contributed by atoms with Gasteiger partial charge in [-0.25, -0.2) is 9.59 Å². The van der Waals surface area contributed by atoms with Crippen molar-refractivity contribution in [3.63, 3.8) is 0 Å². The molecule has 1 aromatic rings. The number of carboxylic acids is 1. The van der Waals surface area contributed by atoms with E-state index in [0.717, 1.165) is 10.5 Å². The molecule has 0 aliphatic carbocycles. The molecule has 20 heteroatoms. The van der Waals surface area contributed by atoms with Gasteiger partial charge in [0.15, 0.2) is 6.10 Å². The number of imide groups is 1. The highest BCUT2D eigenvalue weighted by atomic mass is 19.4. The van der Waals surface area contributed by atoms with Gasteiger partial charge >= 0.3 is 18.1 Å². The van der Waals surface area contributed by atoms with Crippen molar-refractivity contribution in [2.75, 3.05) is 41.3 Å². The maximum Gasteiger partial charge on any atom is 0.490 e. The number of nitrogens with one attached hydrogen (secondary N) is 1. The van der Waals surface area contributed by atoms with Gasteiger partial charge in [-0.05, 0) is 69.0 Å². The van der Waals surface area contributed by atoms with Gasteiger partial charge in [0, 0.05) is 32.6 Å². The topological polar surface area (TPSA) is 203 Å². The molecule has 6 amide bonds. The Morgan fingerprint density at radius 1 is 0.791 bits per heavy atom. The number of rotatable bonds is 17. The molecule has 2 fully saturated rings. The number of methoxy groups -OCH3 is 1. The molecule has 2 saturated heterocycles. The Balaban J connectivity index is 0.00000157. The minimum absolute atomic E-state index is 0.00726. The normalized spacial score (nSPS) is 20.4. The minimum Gasteiger partial charge on any atom is -0.499 e. The van der Waals surface area contributed by atoms with Crippen molar-refractivity contribution in [3.8, 4) is 0 Å².